The monoisotopic (exact) mass is 269 g/mol. The molecule has 1 amide bonds. The highest BCUT2D eigenvalue weighted by molar-refractivity contribution is 5.82. The van der Waals surface area contributed by atoms with Gasteiger partial charge in [-0.25, -0.2) is 9.59 Å². The Bertz CT molecular complexity index is 361. The van der Waals surface area contributed by atoms with E-state index in [2.05, 4.69) is 0 Å². The molecule has 5 nitrogen and oxygen atoms in total. The van der Waals surface area contributed by atoms with Crippen molar-refractivity contribution in [1.29, 1.82) is 0 Å². The lowest BCUT2D eigenvalue weighted by atomic mass is 9.93. The maximum Gasteiger partial charge on any atom is 0.411 e. The number of carboxylic acid groups (broad SMARTS) is 1. The third-order valence-corrected chi connectivity index (χ3v) is 2.39. The van der Waals surface area contributed by atoms with Crippen LogP contribution in [-0.2, 0) is 9.53 Å². The molecule has 1 N–H and O–H groups in total. The average molecular weight is 269 g/mol. The van der Waals surface area contributed by atoms with Crippen molar-refractivity contribution in [3.05, 3.63) is 0 Å². The molecule has 1 aliphatic heterocycles. The van der Waals surface area contributed by atoms with Gasteiger partial charge in [-0.1, -0.05) is 0 Å². The van der Waals surface area contributed by atoms with Crippen molar-refractivity contribution >= 4 is 12.1 Å². The number of amides is 1. The summed E-state index contributed by atoms with van der Waals surface area (Å²) in [6.45, 7) is 4.47. The van der Waals surface area contributed by atoms with E-state index in [1.54, 1.807) is 0 Å². The summed E-state index contributed by atoms with van der Waals surface area (Å²) in [5.74, 6) is -1.47. The van der Waals surface area contributed by atoms with Crippen molar-refractivity contribution in [2.75, 3.05) is 0 Å². The zero-order chi connectivity index (χ0) is 14.3. The molecule has 18 heavy (non-hydrogen) atoms. The number of aliphatic carboxylic acids is 1. The fraction of sp³-hybridized carbons (Fsp3) is 0.800. The Morgan fingerprint density at radius 1 is 1.28 bits per heavy atom. The van der Waals surface area contributed by atoms with E-state index in [4.69, 9.17) is 9.84 Å². The molecule has 1 heterocycles. The van der Waals surface area contributed by atoms with Crippen LogP contribution in [0.15, 0.2) is 0 Å². The molecule has 0 bridgehead atoms. The van der Waals surface area contributed by atoms with E-state index in [9.17, 15) is 22.8 Å². The molecule has 0 radical (unpaired) electrons. The highest BCUT2D eigenvalue weighted by atomic mass is 19.4. The molecule has 1 fully saturated rings. The zero-order valence-corrected chi connectivity index (χ0v) is 10.1. The van der Waals surface area contributed by atoms with Gasteiger partial charge >= 0.3 is 18.2 Å². The Morgan fingerprint density at radius 2 is 1.78 bits per heavy atom. The first-order chi connectivity index (χ1) is 7.93. The highest BCUT2D eigenvalue weighted by Gasteiger charge is 2.59. The van der Waals surface area contributed by atoms with E-state index in [1.165, 1.54) is 20.8 Å². The van der Waals surface area contributed by atoms with Crippen LogP contribution in [0.3, 0.4) is 0 Å². The van der Waals surface area contributed by atoms with Gasteiger partial charge < -0.3 is 9.84 Å². The van der Waals surface area contributed by atoms with E-state index in [1.807, 2.05) is 0 Å². The molecule has 1 rings (SSSR count). The van der Waals surface area contributed by atoms with Crippen molar-refractivity contribution in [3.63, 3.8) is 0 Å². The van der Waals surface area contributed by atoms with E-state index in [-0.39, 0.29) is 4.90 Å². The Kier molecular flexibility index (Phi) is 3.51. The molecule has 0 spiro atoms. The summed E-state index contributed by atoms with van der Waals surface area (Å²) in [4.78, 5) is 22.5. The quantitative estimate of drug-likeness (QED) is 0.790. The van der Waals surface area contributed by atoms with Crippen LogP contribution >= 0.6 is 0 Å². The molecule has 104 valence electrons. The van der Waals surface area contributed by atoms with Gasteiger partial charge in [0.05, 0.1) is 0 Å². The van der Waals surface area contributed by atoms with Gasteiger partial charge in [0.25, 0.3) is 0 Å². The Labute approximate surface area is 102 Å². The summed E-state index contributed by atoms with van der Waals surface area (Å²) in [5.41, 5.74) is -0.980. The normalized spacial score (nSPS) is 24.4. The Hall–Kier alpha value is -1.47. The van der Waals surface area contributed by atoms with Gasteiger partial charge in [0.15, 0.2) is 0 Å². The summed E-state index contributed by atoms with van der Waals surface area (Å²) in [7, 11) is 0. The van der Waals surface area contributed by atoms with Gasteiger partial charge in [0, 0.05) is 6.42 Å². The smallest absolute Gasteiger partial charge is 0.411 e. The Morgan fingerprint density at radius 3 is 2.11 bits per heavy atom. The molecule has 2 atom stereocenters. The van der Waals surface area contributed by atoms with Gasteiger partial charge in [0.2, 0.25) is 0 Å². The minimum Gasteiger partial charge on any atom is -0.480 e. The first-order valence-corrected chi connectivity index (χ1v) is 5.24. The lowest BCUT2D eigenvalue weighted by Crippen LogP contribution is -2.67. The standard InChI is InChI=1S/C10H14F3NO4/c1-9(2,3)18-8(17)14-5(7(15)16)4-6(14)10(11,12)13/h5-6H,4H2,1-3H3,(H,15,16). The SMILES string of the molecule is CC(C)(C)OC(=O)N1C(C(=O)O)CC1C(F)(F)F. The van der Waals surface area contributed by atoms with Crippen molar-refractivity contribution in [2.24, 2.45) is 0 Å². The minimum absolute atomic E-state index is 0.230. The number of hydrogen-bond donors (Lipinski definition) is 1. The number of carboxylic acids is 1. The highest BCUT2D eigenvalue weighted by Crippen LogP contribution is 2.39. The fourth-order valence-corrected chi connectivity index (χ4v) is 1.60. The molecule has 1 aliphatic rings. The molecule has 0 aliphatic carbocycles. The van der Waals surface area contributed by atoms with Gasteiger partial charge in [-0.05, 0) is 20.8 Å². The summed E-state index contributed by atoms with van der Waals surface area (Å²) < 4.78 is 42.4. The number of carbonyl (C=O) groups excluding carboxylic acids is 1. The van der Waals surface area contributed by atoms with Crippen LogP contribution in [0, 0.1) is 0 Å². The minimum atomic E-state index is -4.65. The molecule has 2 unspecified atom stereocenters. The largest absolute Gasteiger partial charge is 0.480 e. The summed E-state index contributed by atoms with van der Waals surface area (Å²) >= 11 is 0. The molecule has 0 aromatic carbocycles. The molecule has 8 heteroatoms. The van der Waals surface area contributed by atoms with Gasteiger partial charge in [0.1, 0.15) is 17.7 Å². The van der Waals surface area contributed by atoms with Crippen LogP contribution in [-0.4, -0.2) is 45.9 Å². The van der Waals surface area contributed by atoms with Crippen molar-refractivity contribution in [2.45, 2.75) is 51.1 Å². The first kappa shape index (κ1) is 14.6. The molecular weight excluding hydrogens is 255 g/mol. The van der Waals surface area contributed by atoms with Crippen molar-refractivity contribution < 1.29 is 32.6 Å². The fourth-order valence-electron chi connectivity index (χ4n) is 1.60. The predicted octanol–water partition coefficient (Wildman–Crippen LogP) is 2.01. The molecule has 0 aromatic rings. The second-order valence-corrected chi connectivity index (χ2v) is 5.03. The van der Waals surface area contributed by atoms with Crippen molar-refractivity contribution in [3.8, 4) is 0 Å². The number of alkyl halides is 3. The van der Waals surface area contributed by atoms with Crippen LogP contribution in [0.25, 0.3) is 0 Å². The van der Waals surface area contributed by atoms with Crippen LogP contribution in [0.4, 0.5) is 18.0 Å². The van der Waals surface area contributed by atoms with Crippen LogP contribution < -0.4 is 0 Å². The second kappa shape index (κ2) is 4.33. The molecule has 0 aromatic heterocycles. The number of ether oxygens (including phenoxy) is 1. The summed E-state index contributed by atoms with van der Waals surface area (Å²) in [5, 5.41) is 8.72. The number of rotatable bonds is 1. The average Bonchev–Trinajstić information content (AvgIpc) is 1.91. The number of halogens is 3. The second-order valence-electron chi connectivity index (χ2n) is 5.03. The van der Waals surface area contributed by atoms with Gasteiger partial charge in [-0.3, -0.25) is 4.90 Å². The maximum absolute atomic E-state index is 12.5. The molecule has 1 saturated heterocycles. The van der Waals surface area contributed by atoms with E-state index >= 15 is 0 Å². The number of nitrogens with zero attached hydrogens (tertiary/aromatic N) is 1. The maximum atomic E-state index is 12.5. The van der Waals surface area contributed by atoms with E-state index < -0.39 is 42.3 Å². The van der Waals surface area contributed by atoms with Crippen LogP contribution in [0.5, 0.6) is 0 Å². The Balaban J connectivity index is 2.85. The molecular formula is C10H14F3NO4. The lowest BCUT2D eigenvalue weighted by Gasteiger charge is -2.46. The molecule has 0 saturated carbocycles. The number of carbonyl (C=O) groups is 2. The summed E-state index contributed by atoms with van der Waals surface area (Å²) in [6.07, 6.45) is -6.55. The van der Waals surface area contributed by atoms with E-state index in [0.29, 0.717) is 0 Å². The number of likely N-dealkylation sites (tertiary alicyclic amines) is 1. The summed E-state index contributed by atoms with van der Waals surface area (Å²) in [6, 6.07) is -3.57. The first-order valence-electron chi connectivity index (χ1n) is 5.24. The third-order valence-electron chi connectivity index (χ3n) is 2.39. The third kappa shape index (κ3) is 3.05. The predicted molar refractivity (Wildman–Crippen MR) is 54.0 cm³/mol. The van der Waals surface area contributed by atoms with Crippen LogP contribution in [0.1, 0.15) is 27.2 Å². The van der Waals surface area contributed by atoms with E-state index in [0.717, 1.165) is 0 Å². The van der Waals surface area contributed by atoms with Crippen LogP contribution in [0.2, 0.25) is 0 Å². The van der Waals surface area contributed by atoms with Crippen molar-refractivity contribution in [1.82, 2.24) is 4.90 Å². The topological polar surface area (TPSA) is 66.8 Å². The zero-order valence-electron chi connectivity index (χ0n) is 10.1. The lowest BCUT2D eigenvalue weighted by molar-refractivity contribution is -0.221. The van der Waals surface area contributed by atoms with Gasteiger partial charge in [-0.2, -0.15) is 13.2 Å². The van der Waals surface area contributed by atoms with Gasteiger partial charge in [-0.15, -0.1) is 0 Å². The number of hydrogen-bond acceptors (Lipinski definition) is 3.